The molecule has 0 saturated carbocycles. The molecule has 0 bridgehead atoms. The van der Waals surface area contributed by atoms with Crippen LogP contribution in [0.2, 0.25) is 0 Å². The number of fused-ring (bicyclic) bond motifs is 1. The minimum atomic E-state index is 0.674. The molecule has 15 heavy (non-hydrogen) atoms. The molecule has 0 spiro atoms. The molecule has 0 aliphatic carbocycles. The fourth-order valence-electron chi connectivity index (χ4n) is 1.56. The second-order valence-electron chi connectivity index (χ2n) is 3.33. The molecule has 4 heteroatoms. The van der Waals surface area contributed by atoms with E-state index in [0.717, 1.165) is 21.5 Å². The molecule has 2 aromatic rings. The number of benzene rings is 1. The summed E-state index contributed by atoms with van der Waals surface area (Å²) in [5, 5.41) is 18.5. The van der Waals surface area contributed by atoms with Crippen molar-refractivity contribution in [3.63, 3.8) is 0 Å². The van der Waals surface area contributed by atoms with Gasteiger partial charge in [0.15, 0.2) is 0 Å². The summed E-state index contributed by atoms with van der Waals surface area (Å²) < 4.78 is 0.876. The number of hydrogen-bond acceptors (Lipinski definition) is 3. The van der Waals surface area contributed by atoms with Crippen LogP contribution in [0.5, 0.6) is 0 Å². The zero-order chi connectivity index (χ0) is 10.8. The van der Waals surface area contributed by atoms with Gasteiger partial charge in [-0.3, -0.25) is 0 Å². The molecule has 0 radical (unpaired) electrons. The Bertz CT molecular complexity index is 491. The summed E-state index contributed by atoms with van der Waals surface area (Å²) >= 11 is 0. The number of rotatable bonds is 2. The topological polar surface area (TPSA) is 51.0 Å². The maximum Gasteiger partial charge on any atom is 0.224 e. The van der Waals surface area contributed by atoms with Crippen LogP contribution in [0.25, 0.3) is 10.9 Å². The van der Waals surface area contributed by atoms with E-state index in [9.17, 15) is 5.21 Å². The zero-order valence-corrected chi connectivity index (χ0v) is 8.74. The SMILES string of the molecule is CNc1ccc2c(c1)cc(NC)c[n+]2[O-]. The average molecular weight is 203 g/mol. The number of aromatic nitrogens is 1. The lowest BCUT2D eigenvalue weighted by Crippen LogP contribution is -2.26. The van der Waals surface area contributed by atoms with Gasteiger partial charge < -0.3 is 15.8 Å². The molecule has 2 N–H and O–H groups in total. The molecule has 2 rings (SSSR count). The predicted octanol–water partition coefficient (Wildman–Crippen LogP) is 1.56. The summed E-state index contributed by atoms with van der Waals surface area (Å²) in [5.41, 5.74) is 2.48. The number of anilines is 2. The Balaban J connectivity index is 2.69. The smallest absolute Gasteiger partial charge is 0.224 e. The molecular weight excluding hydrogens is 190 g/mol. The zero-order valence-electron chi connectivity index (χ0n) is 8.74. The van der Waals surface area contributed by atoms with E-state index in [1.54, 1.807) is 7.05 Å². The lowest BCUT2D eigenvalue weighted by atomic mass is 10.2. The van der Waals surface area contributed by atoms with E-state index in [4.69, 9.17) is 0 Å². The largest absolute Gasteiger partial charge is 0.618 e. The summed E-state index contributed by atoms with van der Waals surface area (Å²) in [7, 11) is 3.65. The molecule has 4 nitrogen and oxygen atoms in total. The molecule has 0 fully saturated rings. The van der Waals surface area contributed by atoms with Gasteiger partial charge in [0.05, 0.1) is 5.39 Å². The van der Waals surface area contributed by atoms with Gasteiger partial charge in [0.2, 0.25) is 11.7 Å². The van der Waals surface area contributed by atoms with Crippen LogP contribution in [0.15, 0.2) is 30.5 Å². The van der Waals surface area contributed by atoms with Crippen LogP contribution in [0.3, 0.4) is 0 Å². The standard InChI is InChI=1S/C11H13N3O/c1-12-9-3-4-11-8(5-9)6-10(13-2)7-14(11)15/h3-7,12-13H,1-2H3. The Kier molecular flexibility index (Phi) is 2.33. The highest BCUT2D eigenvalue weighted by Crippen LogP contribution is 2.18. The molecule has 78 valence electrons. The number of nitrogens with zero attached hydrogens (tertiary/aromatic N) is 1. The van der Waals surface area contributed by atoms with E-state index < -0.39 is 0 Å². The second kappa shape index (κ2) is 3.65. The van der Waals surface area contributed by atoms with Crippen molar-refractivity contribution in [2.45, 2.75) is 0 Å². The second-order valence-corrected chi connectivity index (χ2v) is 3.33. The first-order valence-electron chi connectivity index (χ1n) is 4.77. The first-order valence-corrected chi connectivity index (χ1v) is 4.77. The van der Waals surface area contributed by atoms with Crippen molar-refractivity contribution in [3.8, 4) is 0 Å². The van der Waals surface area contributed by atoms with Crippen molar-refractivity contribution in [3.05, 3.63) is 35.7 Å². The van der Waals surface area contributed by atoms with Crippen LogP contribution in [0, 0.1) is 5.21 Å². The lowest BCUT2D eigenvalue weighted by Gasteiger charge is -2.06. The van der Waals surface area contributed by atoms with Gasteiger partial charge in [-0.1, -0.05) is 0 Å². The Labute approximate surface area is 88.1 Å². The van der Waals surface area contributed by atoms with Crippen molar-refractivity contribution < 1.29 is 4.73 Å². The third kappa shape index (κ3) is 1.66. The van der Waals surface area contributed by atoms with Crippen LogP contribution < -0.4 is 15.4 Å². The molecule has 0 amide bonds. The Morgan fingerprint density at radius 2 is 1.73 bits per heavy atom. The van der Waals surface area contributed by atoms with Crippen molar-refractivity contribution in [1.82, 2.24) is 0 Å². The van der Waals surface area contributed by atoms with Gasteiger partial charge in [0, 0.05) is 25.8 Å². The molecule has 0 saturated heterocycles. The minimum Gasteiger partial charge on any atom is -0.618 e. The summed E-state index contributed by atoms with van der Waals surface area (Å²) in [6.07, 6.45) is 1.53. The number of nitrogens with one attached hydrogen (secondary N) is 2. The summed E-state index contributed by atoms with van der Waals surface area (Å²) in [5.74, 6) is 0. The van der Waals surface area contributed by atoms with E-state index in [-0.39, 0.29) is 0 Å². The van der Waals surface area contributed by atoms with Gasteiger partial charge in [-0.2, -0.15) is 4.73 Å². The minimum absolute atomic E-state index is 0.674. The van der Waals surface area contributed by atoms with Crippen LogP contribution in [0.4, 0.5) is 11.4 Å². The molecule has 0 atom stereocenters. The van der Waals surface area contributed by atoms with E-state index in [0.29, 0.717) is 5.52 Å². The Morgan fingerprint density at radius 1 is 1.07 bits per heavy atom. The molecule has 1 aromatic carbocycles. The summed E-state index contributed by atoms with van der Waals surface area (Å²) in [6.45, 7) is 0. The number of pyridine rings is 1. The summed E-state index contributed by atoms with van der Waals surface area (Å²) in [6, 6.07) is 7.60. The van der Waals surface area contributed by atoms with Crippen LogP contribution in [-0.2, 0) is 0 Å². The van der Waals surface area contributed by atoms with Gasteiger partial charge in [-0.25, -0.2) is 0 Å². The highest BCUT2D eigenvalue weighted by Gasteiger charge is 2.06. The fourth-order valence-corrected chi connectivity index (χ4v) is 1.56. The quantitative estimate of drug-likeness (QED) is 0.575. The molecule has 1 aromatic heterocycles. The Hall–Kier alpha value is -1.97. The first-order chi connectivity index (χ1) is 7.24. The monoisotopic (exact) mass is 203 g/mol. The highest BCUT2D eigenvalue weighted by molar-refractivity contribution is 5.82. The van der Waals surface area contributed by atoms with E-state index in [2.05, 4.69) is 10.6 Å². The normalized spacial score (nSPS) is 10.3. The van der Waals surface area contributed by atoms with Gasteiger partial charge >= 0.3 is 0 Å². The van der Waals surface area contributed by atoms with Crippen LogP contribution >= 0.6 is 0 Å². The fraction of sp³-hybridized carbons (Fsp3) is 0.182. The van der Waals surface area contributed by atoms with Gasteiger partial charge in [-0.05, 0) is 18.2 Å². The molecule has 0 aliphatic rings. The molecular formula is C11H13N3O. The van der Waals surface area contributed by atoms with Crippen molar-refractivity contribution in [1.29, 1.82) is 0 Å². The van der Waals surface area contributed by atoms with Gasteiger partial charge in [0.1, 0.15) is 5.69 Å². The maximum absolute atomic E-state index is 11.6. The van der Waals surface area contributed by atoms with E-state index in [1.807, 2.05) is 31.3 Å². The molecule has 1 heterocycles. The van der Waals surface area contributed by atoms with Crippen molar-refractivity contribution >= 4 is 22.3 Å². The van der Waals surface area contributed by atoms with Crippen LogP contribution in [-0.4, -0.2) is 14.1 Å². The summed E-state index contributed by atoms with van der Waals surface area (Å²) in [4.78, 5) is 0. The Morgan fingerprint density at radius 3 is 2.40 bits per heavy atom. The first kappa shape index (κ1) is 9.58. The number of hydrogen-bond donors (Lipinski definition) is 2. The van der Waals surface area contributed by atoms with Gasteiger partial charge in [0.25, 0.3) is 0 Å². The van der Waals surface area contributed by atoms with E-state index in [1.165, 1.54) is 6.20 Å². The third-order valence-corrected chi connectivity index (χ3v) is 2.41. The molecule has 0 unspecified atom stereocenters. The third-order valence-electron chi connectivity index (χ3n) is 2.41. The average Bonchev–Trinajstić information content (AvgIpc) is 2.28. The predicted molar refractivity (Wildman–Crippen MR) is 62.0 cm³/mol. The van der Waals surface area contributed by atoms with Crippen molar-refractivity contribution in [2.75, 3.05) is 24.7 Å². The van der Waals surface area contributed by atoms with E-state index >= 15 is 0 Å². The van der Waals surface area contributed by atoms with Gasteiger partial charge in [-0.15, -0.1) is 0 Å². The highest BCUT2D eigenvalue weighted by atomic mass is 16.5. The van der Waals surface area contributed by atoms with Crippen LogP contribution in [0.1, 0.15) is 0 Å². The maximum atomic E-state index is 11.6. The van der Waals surface area contributed by atoms with Crippen molar-refractivity contribution in [2.24, 2.45) is 0 Å². The lowest BCUT2D eigenvalue weighted by molar-refractivity contribution is -0.576. The molecule has 0 aliphatic heterocycles.